The van der Waals surface area contributed by atoms with Gasteiger partial charge in [0.2, 0.25) is 5.91 Å². The summed E-state index contributed by atoms with van der Waals surface area (Å²) in [5.74, 6) is -0.831. The topological polar surface area (TPSA) is 81.7 Å². The summed E-state index contributed by atoms with van der Waals surface area (Å²) in [7, 11) is 0. The number of hydrogen-bond acceptors (Lipinski definition) is 5. The standard InChI is InChI=1S/C17H21NO5/c19-15(18-14-10-11-22-17(14)21)8-4-5-9-16(20)23-12-13-6-2-1-3-7-13/h1-3,6-7,14H,4-5,8-12H2,(H,18,19)/t14-/m1/s1. The third-order valence-electron chi connectivity index (χ3n) is 3.55. The Balaban J connectivity index is 1.53. The van der Waals surface area contributed by atoms with E-state index in [0.29, 0.717) is 25.9 Å². The maximum Gasteiger partial charge on any atom is 0.328 e. The van der Waals surface area contributed by atoms with Gasteiger partial charge in [-0.1, -0.05) is 30.3 Å². The molecule has 1 N–H and O–H groups in total. The van der Waals surface area contributed by atoms with Crippen LogP contribution in [0.5, 0.6) is 0 Å². The molecule has 1 atom stereocenters. The fraction of sp³-hybridized carbons (Fsp3) is 0.471. The van der Waals surface area contributed by atoms with Gasteiger partial charge in [0, 0.05) is 19.3 Å². The van der Waals surface area contributed by atoms with Crippen molar-refractivity contribution in [2.75, 3.05) is 6.61 Å². The minimum atomic E-state index is -0.515. The zero-order valence-electron chi connectivity index (χ0n) is 13.0. The molecule has 1 aliphatic heterocycles. The Labute approximate surface area is 135 Å². The minimum absolute atomic E-state index is 0.188. The van der Waals surface area contributed by atoms with E-state index in [4.69, 9.17) is 9.47 Å². The van der Waals surface area contributed by atoms with Crippen LogP contribution in [-0.2, 0) is 30.5 Å². The van der Waals surface area contributed by atoms with Gasteiger partial charge >= 0.3 is 11.9 Å². The molecule has 2 rings (SSSR count). The van der Waals surface area contributed by atoms with Crippen LogP contribution in [0.2, 0.25) is 0 Å². The van der Waals surface area contributed by atoms with Gasteiger partial charge in [0.25, 0.3) is 0 Å². The van der Waals surface area contributed by atoms with E-state index in [0.717, 1.165) is 5.56 Å². The lowest BCUT2D eigenvalue weighted by Crippen LogP contribution is -2.37. The number of unbranched alkanes of at least 4 members (excludes halogenated alkanes) is 1. The molecule has 1 amide bonds. The first kappa shape index (κ1) is 17.0. The molecule has 124 valence electrons. The smallest absolute Gasteiger partial charge is 0.328 e. The van der Waals surface area contributed by atoms with Crippen molar-refractivity contribution in [2.45, 2.75) is 44.8 Å². The Hall–Kier alpha value is -2.37. The van der Waals surface area contributed by atoms with Gasteiger partial charge in [-0.2, -0.15) is 0 Å². The van der Waals surface area contributed by atoms with Gasteiger partial charge < -0.3 is 14.8 Å². The lowest BCUT2D eigenvalue weighted by Gasteiger charge is -2.08. The van der Waals surface area contributed by atoms with E-state index >= 15 is 0 Å². The van der Waals surface area contributed by atoms with Crippen molar-refractivity contribution in [1.82, 2.24) is 5.32 Å². The average molecular weight is 319 g/mol. The molecule has 1 heterocycles. The number of nitrogens with one attached hydrogen (secondary N) is 1. The predicted molar refractivity (Wildman–Crippen MR) is 82.2 cm³/mol. The molecule has 6 nitrogen and oxygen atoms in total. The first-order chi connectivity index (χ1) is 11.1. The molecule has 0 radical (unpaired) electrons. The molecule has 0 bridgehead atoms. The van der Waals surface area contributed by atoms with Crippen molar-refractivity contribution < 1.29 is 23.9 Å². The Bertz CT molecular complexity index is 543. The van der Waals surface area contributed by atoms with Crippen molar-refractivity contribution in [3.63, 3.8) is 0 Å². The SMILES string of the molecule is O=C(CCCCC(=O)OCc1ccccc1)N[C@@H]1CCOC1=O. The van der Waals surface area contributed by atoms with E-state index in [1.165, 1.54) is 0 Å². The van der Waals surface area contributed by atoms with E-state index in [1.54, 1.807) is 0 Å². The van der Waals surface area contributed by atoms with Crippen molar-refractivity contribution in [2.24, 2.45) is 0 Å². The van der Waals surface area contributed by atoms with E-state index < -0.39 is 6.04 Å². The molecule has 0 spiro atoms. The van der Waals surface area contributed by atoms with E-state index in [2.05, 4.69) is 5.32 Å². The second-order valence-electron chi connectivity index (χ2n) is 5.43. The minimum Gasteiger partial charge on any atom is -0.464 e. The lowest BCUT2D eigenvalue weighted by molar-refractivity contribution is -0.145. The summed E-state index contributed by atoms with van der Waals surface area (Å²) >= 11 is 0. The molecule has 1 aromatic rings. The average Bonchev–Trinajstić information content (AvgIpc) is 2.95. The van der Waals surface area contributed by atoms with Gasteiger partial charge in [-0.25, -0.2) is 4.79 Å². The van der Waals surface area contributed by atoms with Crippen molar-refractivity contribution in [3.8, 4) is 0 Å². The van der Waals surface area contributed by atoms with Crippen LogP contribution < -0.4 is 5.32 Å². The van der Waals surface area contributed by atoms with Gasteiger partial charge in [0.15, 0.2) is 0 Å². The molecule has 1 aromatic carbocycles. The number of ether oxygens (including phenoxy) is 2. The maximum atomic E-state index is 11.7. The van der Waals surface area contributed by atoms with Crippen molar-refractivity contribution >= 4 is 17.8 Å². The molecule has 0 aliphatic carbocycles. The number of benzene rings is 1. The highest BCUT2D eigenvalue weighted by atomic mass is 16.5. The normalized spacial score (nSPS) is 16.7. The molecule has 6 heteroatoms. The van der Waals surface area contributed by atoms with Crippen LogP contribution in [0.3, 0.4) is 0 Å². The van der Waals surface area contributed by atoms with Crippen LogP contribution >= 0.6 is 0 Å². The van der Waals surface area contributed by atoms with Crippen molar-refractivity contribution in [3.05, 3.63) is 35.9 Å². The Morgan fingerprint density at radius 3 is 2.61 bits per heavy atom. The highest BCUT2D eigenvalue weighted by molar-refractivity contribution is 5.85. The second-order valence-corrected chi connectivity index (χ2v) is 5.43. The zero-order valence-corrected chi connectivity index (χ0v) is 13.0. The molecule has 1 fully saturated rings. The predicted octanol–water partition coefficient (Wildman–Crippen LogP) is 1.72. The molecule has 0 saturated carbocycles. The number of hydrogen-bond donors (Lipinski definition) is 1. The van der Waals surface area contributed by atoms with E-state index in [-0.39, 0.29) is 37.3 Å². The summed E-state index contributed by atoms with van der Waals surface area (Å²) in [4.78, 5) is 34.5. The highest BCUT2D eigenvalue weighted by Gasteiger charge is 2.27. The quantitative estimate of drug-likeness (QED) is 0.583. The van der Waals surface area contributed by atoms with Crippen LogP contribution in [0.1, 0.15) is 37.7 Å². The summed E-state index contributed by atoms with van der Waals surface area (Å²) in [6.45, 7) is 0.626. The van der Waals surface area contributed by atoms with Gasteiger partial charge in [0.1, 0.15) is 12.6 Å². The van der Waals surface area contributed by atoms with Gasteiger partial charge in [0.05, 0.1) is 6.61 Å². The molecular formula is C17H21NO5. The highest BCUT2D eigenvalue weighted by Crippen LogP contribution is 2.08. The first-order valence-electron chi connectivity index (χ1n) is 7.80. The summed E-state index contributed by atoms with van der Waals surface area (Å²) < 4.78 is 9.93. The summed E-state index contributed by atoms with van der Waals surface area (Å²) in [5.41, 5.74) is 0.948. The van der Waals surface area contributed by atoms with Crippen LogP contribution in [0.15, 0.2) is 30.3 Å². The number of cyclic esters (lactones) is 1. The van der Waals surface area contributed by atoms with Gasteiger partial charge in [-0.15, -0.1) is 0 Å². The fourth-order valence-corrected chi connectivity index (χ4v) is 2.26. The van der Waals surface area contributed by atoms with E-state index in [1.807, 2.05) is 30.3 Å². The fourth-order valence-electron chi connectivity index (χ4n) is 2.26. The summed E-state index contributed by atoms with van der Waals surface area (Å²) in [6, 6.07) is 8.96. The Morgan fingerprint density at radius 2 is 1.91 bits per heavy atom. The monoisotopic (exact) mass is 319 g/mol. The molecule has 0 aromatic heterocycles. The largest absolute Gasteiger partial charge is 0.464 e. The molecule has 0 unspecified atom stereocenters. The summed E-state index contributed by atoms with van der Waals surface area (Å²) in [5, 5.41) is 2.63. The Kier molecular flexibility index (Phi) is 6.59. The molecular weight excluding hydrogens is 298 g/mol. The first-order valence-corrected chi connectivity index (χ1v) is 7.80. The molecule has 1 saturated heterocycles. The number of rotatable bonds is 8. The van der Waals surface area contributed by atoms with Crippen LogP contribution in [0, 0.1) is 0 Å². The molecule has 1 aliphatic rings. The Morgan fingerprint density at radius 1 is 1.17 bits per heavy atom. The van der Waals surface area contributed by atoms with Crippen molar-refractivity contribution in [1.29, 1.82) is 0 Å². The number of amides is 1. The van der Waals surface area contributed by atoms with Crippen LogP contribution in [0.25, 0.3) is 0 Å². The number of carbonyl (C=O) groups is 3. The third kappa shape index (κ3) is 6.10. The van der Waals surface area contributed by atoms with Gasteiger partial charge in [-0.3, -0.25) is 9.59 Å². The number of carbonyl (C=O) groups excluding carboxylic acids is 3. The third-order valence-corrected chi connectivity index (χ3v) is 3.55. The lowest BCUT2D eigenvalue weighted by atomic mass is 10.1. The second kappa shape index (κ2) is 8.92. The van der Waals surface area contributed by atoms with Crippen LogP contribution in [0.4, 0.5) is 0 Å². The maximum absolute atomic E-state index is 11.7. The summed E-state index contributed by atoms with van der Waals surface area (Å²) in [6.07, 6.45) is 2.25. The molecule has 23 heavy (non-hydrogen) atoms. The number of esters is 2. The van der Waals surface area contributed by atoms with Crippen LogP contribution in [-0.4, -0.2) is 30.5 Å². The zero-order chi connectivity index (χ0) is 16.5. The van der Waals surface area contributed by atoms with Gasteiger partial charge in [-0.05, 0) is 18.4 Å². The van der Waals surface area contributed by atoms with E-state index in [9.17, 15) is 14.4 Å².